The van der Waals surface area contributed by atoms with Crippen LogP contribution in [0.1, 0.15) is 20.3 Å². The van der Waals surface area contributed by atoms with Crippen LogP contribution in [0.3, 0.4) is 0 Å². The van der Waals surface area contributed by atoms with Crippen molar-refractivity contribution in [3.63, 3.8) is 0 Å². The van der Waals surface area contributed by atoms with Crippen molar-refractivity contribution in [2.24, 2.45) is 4.99 Å². The standard InChI is InChI=1S/C16H19F2N3O3S/c1-3-19-16-21(4-2)14(23)12(25-16)9-13(22)20-10-5-7-11(8-6-10)24-15(17)18/h5-8,12,15H,3-4,9H2,1-2H3,(H,20,22)/t12-/m1/s1. The molecule has 1 aromatic carbocycles. The minimum absolute atomic E-state index is 0.00790. The van der Waals surface area contributed by atoms with Gasteiger partial charge in [-0.15, -0.1) is 0 Å². The Morgan fingerprint density at radius 2 is 2.04 bits per heavy atom. The number of ether oxygens (including phenoxy) is 1. The number of alkyl halides is 2. The first-order chi connectivity index (χ1) is 11.9. The predicted molar refractivity (Wildman–Crippen MR) is 93.1 cm³/mol. The molecule has 1 aliphatic heterocycles. The fraction of sp³-hybridized carbons (Fsp3) is 0.438. The highest BCUT2D eigenvalue weighted by Gasteiger charge is 2.38. The lowest BCUT2D eigenvalue weighted by atomic mass is 10.2. The second-order valence-corrected chi connectivity index (χ2v) is 6.27. The van der Waals surface area contributed by atoms with Crippen molar-refractivity contribution in [1.29, 1.82) is 0 Å². The van der Waals surface area contributed by atoms with Crippen molar-refractivity contribution in [1.82, 2.24) is 4.90 Å². The second-order valence-electron chi connectivity index (χ2n) is 5.10. The van der Waals surface area contributed by atoms with Crippen LogP contribution in [0.15, 0.2) is 29.3 Å². The first-order valence-corrected chi connectivity index (χ1v) is 8.69. The zero-order valence-electron chi connectivity index (χ0n) is 13.9. The summed E-state index contributed by atoms with van der Waals surface area (Å²) in [6.45, 7) is 1.92. The van der Waals surface area contributed by atoms with Gasteiger partial charge >= 0.3 is 6.61 Å². The van der Waals surface area contributed by atoms with Gasteiger partial charge in [0.2, 0.25) is 11.8 Å². The molecule has 0 aromatic heterocycles. The van der Waals surface area contributed by atoms with Crippen LogP contribution < -0.4 is 10.1 Å². The number of anilines is 1. The summed E-state index contributed by atoms with van der Waals surface area (Å²) < 4.78 is 28.4. The number of halogens is 2. The quantitative estimate of drug-likeness (QED) is 0.800. The third-order valence-electron chi connectivity index (χ3n) is 3.36. The van der Waals surface area contributed by atoms with Crippen molar-refractivity contribution >= 4 is 34.4 Å². The molecule has 1 heterocycles. The lowest BCUT2D eigenvalue weighted by molar-refractivity contribution is -0.128. The number of carbonyl (C=O) groups is 2. The lowest BCUT2D eigenvalue weighted by Crippen LogP contribution is -2.33. The summed E-state index contributed by atoms with van der Waals surface area (Å²) in [5.41, 5.74) is 0.442. The maximum atomic E-state index is 12.3. The van der Waals surface area contributed by atoms with Crippen LogP contribution in [0.2, 0.25) is 0 Å². The number of carbonyl (C=O) groups excluding carboxylic acids is 2. The smallest absolute Gasteiger partial charge is 0.387 e. The van der Waals surface area contributed by atoms with Crippen molar-refractivity contribution in [3.05, 3.63) is 24.3 Å². The Hall–Kier alpha value is -2.16. The molecule has 0 radical (unpaired) electrons. The number of aliphatic imine (C=N–C) groups is 1. The fourth-order valence-electron chi connectivity index (χ4n) is 2.29. The molecule has 1 fully saturated rings. The maximum Gasteiger partial charge on any atom is 0.387 e. The van der Waals surface area contributed by atoms with E-state index in [0.29, 0.717) is 23.9 Å². The summed E-state index contributed by atoms with van der Waals surface area (Å²) >= 11 is 1.29. The topological polar surface area (TPSA) is 71.0 Å². The molecule has 0 unspecified atom stereocenters. The lowest BCUT2D eigenvalue weighted by Gasteiger charge is -2.13. The minimum atomic E-state index is -2.90. The summed E-state index contributed by atoms with van der Waals surface area (Å²) in [7, 11) is 0. The Kier molecular flexibility index (Phi) is 6.74. The zero-order chi connectivity index (χ0) is 18.4. The Bertz CT molecular complexity index is 653. The molecular formula is C16H19F2N3O3S. The van der Waals surface area contributed by atoms with Gasteiger partial charge in [0.15, 0.2) is 5.17 Å². The number of nitrogens with zero attached hydrogens (tertiary/aromatic N) is 2. The molecule has 1 aromatic rings. The van der Waals surface area contributed by atoms with E-state index in [1.165, 1.54) is 36.0 Å². The first kappa shape index (κ1) is 19.2. The summed E-state index contributed by atoms with van der Waals surface area (Å²) in [6.07, 6.45) is 0.0119. The average Bonchev–Trinajstić information content (AvgIpc) is 2.84. The predicted octanol–water partition coefficient (Wildman–Crippen LogP) is 2.96. The Morgan fingerprint density at radius 3 is 2.60 bits per heavy atom. The van der Waals surface area contributed by atoms with E-state index in [2.05, 4.69) is 15.0 Å². The molecule has 1 saturated heterocycles. The molecule has 1 aliphatic rings. The summed E-state index contributed by atoms with van der Waals surface area (Å²) in [4.78, 5) is 30.3. The third-order valence-corrected chi connectivity index (χ3v) is 4.58. The van der Waals surface area contributed by atoms with Gasteiger partial charge < -0.3 is 10.1 Å². The van der Waals surface area contributed by atoms with E-state index in [4.69, 9.17) is 0 Å². The van der Waals surface area contributed by atoms with E-state index in [1.54, 1.807) is 4.90 Å². The second kappa shape index (κ2) is 8.80. The van der Waals surface area contributed by atoms with E-state index in [9.17, 15) is 18.4 Å². The number of thioether (sulfide) groups is 1. The van der Waals surface area contributed by atoms with Crippen LogP contribution in [-0.4, -0.2) is 46.8 Å². The van der Waals surface area contributed by atoms with Gasteiger partial charge in [-0.25, -0.2) is 0 Å². The highest BCUT2D eigenvalue weighted by molar-refractivity contribution is 8.15. The van der Waals surface area contributed by atoms with E-state index in [1.807, 2.05) is 13.8 Å². The third kappa shape index (κ3) is 5.15. The number of benzene rings is 1. The van der Waals surface area contributed by atoms with Crippen LogP contribution in [-0.2, 0) is 9.59 Å². The molecule has 1 atom stereocenters. The molecule has 2 rings (SSSR count). The number of hydrogen-bond donors (Lipinski definition) is 1. The molecule has 0 saturated carbocycles. The van der Waals surface area contributed by atoms with Crippen LogP contribution in [0.5, 0.6) is 5.75 Å². The van der Waals surface area contributed by atoms with Gasteiger partial charge in [0.1, 0.15) is 11.0 Å². The van der Waals surface area contributed by atoms with Crippen LogP contribution in [0.4, 0.5) is 14.5 Å². The molecule has 136 valence electrons. The van der Waals surface area contributed by atoms with E-state index >= 15 is 0 Å². The first-order valence-electron chi connectivity index (χ1n) is 7.81. The van der Waals surface area contributed by atoms with Gasteiger partial charge in [-0.1, -0.05) is 11.8 Å². The van der Waals surface area contributed by atoms with Gasteiger partial charge in [-0.2, -0.15) is 8.78 Å². The van der Waals surface area contributed by atoms with E-state index in [0.717, 1.165) is 0 Å². The Morgan fingerprint density at radius 1 is 1.36 bits per heavy atom. The van der Waals surface area contributed by atoms with Crippen molar-refractivity contribution in [2.75, 3.05) is 18.4 Å². The van der Waals surface area contributed by atoms with Gasteiger partial charge in [0, 0.05) is 25.2 Å². The maximum absolute atomic E-state index is 12.3. The van der Waals surface area contributed by atoms with Crippen LogP contribution in [0, 0.1) is 0 Å². The zero-order valence-corrected chi connectivity index (χ0v) is 14.7. The normalized spacial score (nSPS) is 18.9. The molecule has 25 heavy (non-hydrogen) atoms. The van der Waals surface area contributed by atoms with Gasteiger partial charge in [0.05, 0.1) is 0 Å². The average molecular weight is 371 g/mol. The van der Waals surface area contributed by atoms with Gasteiger partial charge in [0.25, 0.3) is 0 Å². The molecular weight excluding hydrogens is 352 g/mol. The van der Waals surface area contributed by atoms with E-state index in [-0.39, 0.29) is 24.0 Å². The largest absolute Gasteiger partial charge is 0.435 e. The molecule has 1 N–H and O–H groups in total. The monoisotopic (exact) mass is 371 g/mol. The molecule has 0 aliphatic carbocycles. The summed E-state index contributed by atoms with van der Waals surface area (Å²) in [5, 5.41) is 2.78. The molecule has 0 bridgehead atoms. The molecule has 2 amide bonds. The SMILES string of the molecule is CCN=C1S[C@H](CC(=O)Nc2ccc(OC(F)F)cc2)C(=O)N1CC. The van der Waals surface area contributed by atoms with E-state index < -0.39 is 11.9 Å². The minimum Gasteiger partial charge on any atom is -0.435 e. The number of amidine groups is 1. The highest BCUT2D eigenvalue weighted by Crippen LogP contribution is 2.29. The highest BCUT2D eigenvalue weighted by atomic mass is 32.2. The molecule has 0 spiro atoms. The van der Waals surface area contributed by atoms with Crippen LogP contribution >= 0.6 is 11.8 Å². The fourth-order valence-corrected chi connectivity index (χ4v) is 3.55. The van der Waals surface area contributed by atoms with Gasteiger partial charge in [-0.05, 0) is 38.1 Å². The van der Waals surface area contributed by atoms with Crippen molar-refractivity contribution in [2.45, 2.75) is 32.1 Å². The van der Waals surface area contributed by atoms with Crippen LogP contribution in [0.25, 0.3) is 0 Å². The Balaban J connectivity index is 1.94. The van der Waals surface area contributed by atoms with Crippen molar-refractivity contribution in [3.8, 4) is 5.75 Å². The van der Waals surface area contributed by atoms with Gasteiger partial charge in [-0.3, -0.25) is 19.5 Å². The number of amides is 2. The molecule has 9 heteroatoms. The molecule has 6 nitrogen and oxygen atoms in total. The summed E-state index contributed by atoms with van der Waals surface area (Å²) in [6, 6.07) is 5.59. The van der Waals surface area contributed by atoms with Crippen molar-refractivity contribution < 1.29 is 23.1 Å². The number of nitrogens with one attached hydrogen (secondary N) is 1. The number of hydrogen-bond acceptors (Lipinski definition) is 5. The number of rotatable bonds is 7. The summed E-state index contributed by atoms with van der Waals surface area (Å²) in [5.74, 6) is -0.453. The Labute approximate surface area is 148 Å².